The summed E-state index contributed by atoms with van der Waals surface area (Å²) in [5.74, 6) is 1.62. The number of nitrogens with zero attached hydrogens (tertiary/aromatic N) is 4. The average molecular weight is 416 g/mol. The molecule has 30 heavy (non-hydrogen) atoms. The van der Waals surface area contributed by atoms with Crippen molar-refractivity contribution in [2.75, 3.05) is 7.11 Å². The van der Waals surface area contributed by atoms with Crippen LogP contribution < -0.4 is 4.74 Å². The number of aryl methyl sites for hydroxylation is 1. The molecule has 0 aliphatic heterocycles. The van der Waals surface area contributed by atoms with Crippen molar-refractivity contribution in [3.05, 3.63) is 72.3 Å². The largest absolute Gasteiger partial charge is 0.494 e. The summed E-state index contributed by atoms with van der Waals surface area (Å²) in [4.78, 5) is 12.9. The third-order valence-electron chi connectivity index (χ3n) is 5.06. The van der Waals surface area contributed by atoms with E-state index in [1.165, 1.54) is 0 Å². The molecular formula is C23H21N5OS. The molecule has 5 rings (SSSR count). The molecule has 0 radical (unpaired) electrons. The number of hydrogen-bond donors (Lipinski definition) is 1. The number of methoxy groups -OCH3 is 1. The number of rotatable bonds is 5. The number of hydrogen-bond acceptors (Lipinski definition) is 5. The van der Waals surface area contributed by atoms with Gasteiger partial charge in [0.1, 0.15) is 17.1 Å². The molecule has 1 atom stereocenters. The molecule has 1 N–H and O–H groups in total. The number of fused-ring (bicyclic) bond motifs is 3. The molecular weight excluding hydrogens is 394 g/mol. The second-order valence-electron chi connectivity index (χ2n) is 7.14. The van der Waals surface area contributed by atoms with Crippen LogP contribution in [0.15, 0.2) is 66.0 Å². The number of nitrogens with one attached hydrogen (secondary N) is 1. The van der Waals surface area contributed by atoms with Crippen molar-refractivity contribution < 1.29 is 4.74 Å². The van der Waals surface area contributed by atoms with Crippen molar-refractivity contribution >= 4 is 28.2 Å². The van der Waals surface area contributed by atoms with Gasteiger partial charge in [0.25, 0.3) is 0 Å². The average Bonchev–Trinajstić information content (AvgIpc) is 3.39. The fraction of sp³-hybridized carbons (Fsp3) is 0.174. The van der Waals surface area contributed by atoms with Crippen LogP contribution in [0, 0.1) is 6.92 Å². The van der Waals surface area contributed by atoms with Crippen LogP contribution in [0.25, 0.3) is 27.7 Å². The third-order valence-corrected chi connectivity index (χ3v) is 6.05. The molecule has 1 unspecified atom stereocenters. The fourth-order valence-corrected chi connectivity index (χ4v) is 4.52. The minimum absolute atomic E-state index is 0.0240. The maximum absolute atomic E-state index is 5.57. The van der Waals surface area contributed by atoms with Crippen molar-refractivity contribution in [3.63, 3.8) is 0 Å². The number of thioether (sulfide) groups is 1. The van der Waals surface area contributed by atoms with Gasteiger partial charge in [0.2, 0.25) is 0 Å². The SMILES string of the molecule is COc1cccc2c1nc(C(C)Sc1ncc(-c3ccccc3)[nH]1)n1nc(C)cc21. The van der Waals surface area contributed by atoms with Gasteiger partial charge in [0.05, 0.1) is 35.5 Å². The highest BCUT2D eigenvalue weighted by molar-refractivity contribution is 7.99. The lowest BCUT2D eigenvalue weighted by molar-refractivity contribution is 0.418. The molecule has 3 heterocycles. The third kappa shape index (κ3) is 3.21. The molecule has 0 saturated carbocycles. The highest BCUT2D eigenvalue weighted by atomic mass is 32.2. The Morgan fingerprint density at radius 2 is 1.93 bits per heavy atom. The van der Waals surface area contributed by atoms with Gasteiger partial charge in [-0.05, 0) is 31.5 Å². The van der Waals surface area contributed by atoms with Gasteiger partial charge in [-0.15, -0.1) is 0 Å². The zero-order chi connectivity index (χ0) is 20.7. The molecule has 0 saturated heterocycles. The maximum Gasteiger partial charge on any atom is 0.166 e. The van der Waals surface area contributed by atoms with Crippen LogP contribution in [0.3, 0.4) is 0 Å². The minimum atomic E-state index is 0.0240. The van der Waals surface area contributed by atoms with Crippen molar-refractivity contribution in [1.82, 2.24) is 24.6 Å². The molecule has 0 spiro atoms. The monoisotopic (exact) mass is 415 g/mol. The van der Waals surface area contributed by atoms with Crippen LogP contribution in [0.5, 0.6) is 5.75 Å². The molecule has 0 fully saturated rings. The van der Waals surface area contributed by atoms with Crippen LogP contribution in [0.4, 0.5) is 0 Å². The van der Waals surface area contributed by atoms with E-state index in [0.717, 1.165) is 50.1 Å². The molecule has 2 aromatic carbocycles. The van der Waals surface area contributed by atoms with Crippen molar-refractivity contribution in [2.24, 2.45) is 0 Å². The van der Waals surface area contributed by atoms with E-state index in [-0.39, 0.29) is 5.25 Å². The standard InChI is InChI=1S/C23H21N5OS/c1-14-12-19-17-10-7-11-20(29-3)21(17)26-22(28(19)27-14)15(2)30-23-24-13-18(25-23)16-8-5-4-6-9-16/h4-13,15H,1-3H3,(H,24,25). The van der Waals surface area contributed by atoms with Gasteiger partial charge in [-0.2, -0.15) is 5.10 Å². The lowest BCUT2D eigenvalue weighted by Gasteiger charge is -2.14. The van der Waals surface area contributed by atoms with E-state index in [1.54, 1.807) is 18.9 Å². The fourth-order valence-electron chi connectivity index (χ4n) is 3.65. The summed E-state index contributed by atoms with van der Waals surface area (Å²) >= 11 is 1.63. The van der Waals surface area contributed by atoms with E-state index < -0.39 is 0 Å². The molecule has 0 aliphatic carbocycles. The summed E-state index contributed by atoms with van der Waals surface area (Å²) in [7, 11) is 1.67. The lowest BCUT2D eigenvalue weighted by atomic mass is 10.2. The molecule has 0 amide bonds. The first-order chi connectivity index (χ1) is 14.6. The van der Waals surface area contributed by atoms with Gasteiger partial charge in [-0.3, -0.25) is 0 Å². The Morgan fingerprint density at radius 1 is 1.10 bits per heavy atom. The maximum atomic E-state index is 5.57. The van der Waals surface area contributed by atoms with Crippen molar-refractivity contribution in [2.45, 2.75) is 24.3 Å². The van der Waals surface area contributed by atoms with Crippen molar-refractivity contribution in [3.8, 4) is 17.0 Å². The quantitative estimate of drug-likeness (QED) is 0.387. The minimum Gasteiger partial charge on any atom is -0.494 e. The first-order valence-electron chi connectivity index (χ1n) is 9.74. The van der Waals surface area contributed by atoms with E-state index in [1.807, 2.05) is 48.0 Å². The molecule has 0 bridgehead atoms. The van der Waals surface area contributed by atoms with Gasteiger partial charge in [0.15, 0.2) is 5.16 Å². The Kier molecular flexibility index (Phi) is 4.67. The van der Waals surface area contributed by atoms with Crippen molar-refractivity contribution in [1.29, 1.82) is 0 Å². The summed E-state index contributed by atoms with van der Waals surface area (Å²) < 4.78 is 7.51. The number of aromatic amines is 1. The van der Waals surface area contributed by atoms with Crippen LogP contribution in [-0.2, 0) is 0 Å². The van der Waals surface area contributed by atoms with Gasteiger partial charge in [-0.1, -0.05) is 54.2 Å². The molecule has 0 aliphatic rings. The second-order valence-corrected chi connectivity index (χ2v) is 8.47. The van der Waals surface area contributed by atoms with Gasteiger partial charge < -0.3 is 9.72 Å². The van der Waals surface area contributed by atoms with E-state index in [9.17, 15) is 0 Å². The van der Waals surface area contributed by atoms with Crippen LogP contribution in [0.2, 0.25) is 0 Å². The number of benzene rings is 2. The zero-order valence-corrected chi connectivity index (χ0v) is 17.8. The van der Waals surface area contributed by atoms with Crippen LogP contribution in [-0.4, -0.2) is 31.7 Å². The van der Waals surface area contributed by atoms with E-state index in [4.69, 9.17) is 14.8 Å². The smallest absolute Gasteiger partial charge is 0.166 e. The summed E-state index contributed by atoms with van der Waals surface area (Å²) in [6, 6.07) is 18.3. The van der Waals surface area contributed by atoms with E-state index >= 15 is 0 Å². The Bertz CT molecular complexity index is 1340. The second kappa shape index (κ2) is 7.50. The van der Waals surface area contributed by atoms with Crippen LogP contribution in [0.1, 0.15) is 23.7 Å². The van der Waals surface area contributed by atoms with Gasteiger partial charge in [-0.25, -0.2) is 14.5 Å². The summed E-state index contributed by atoms with van der Waals surface area (Å²) in [6.07, 6.45) is 1.87. The predicted molar refractivity (Wildman–Crippen MR) is 120 cm³/mol. The molecule has 5 aromatic rings. The predicted octanol–water partition coefficient (Wildman–Crippen LogP) is 5.44. The van der Waals surface area contributed by atoms with E-state index in [0.29, 0.717) is 0 Å². The number of imidazole rings is 1. The van der Waals surface area contributed by atoms with Gasteiger partial charge >= 0.3 is 0 Å². The Balaban J connectivity index is 1.56. The number of para-hydroxylation sites is 1. The lowest BCUT2D eigenvalue weighted by Crippen LogP contribution is -2.06. The first kappa shape index (κ1) is 18.7. The topological polar surface area (TPSA) is 68.1 Å². The Hall–Kier alpha value is -3.32. The Labute approximate surface area is 178 Å². The summed E-state index contributed by atoms with van der Waals surface area (Å²) in [6.45, 7) is 4.12. The van der Waals surface area contributed by atoms with Crippen LogP contribution >= 0.6 is 11.8 Å². The molecule has 6 nitrogen and oxygen atoms in total. The zero-order valence-electron chi connectivity index (χ0n) is 17.0. The highest BCUT2D eigenvalue weighted by Crippen LogP contribution is 2.36. The normalized spacial score (nSPS) is 12.5. The number of aromatic nitrogens is 5. The molecule has 7 heteroatoms. The number of ether oxygens (including phenoxy) is 1. The Morgan fingerprint density at radius 3 is 2.73 bits per heavy atom. The highest BCUT2D eigenvalue weighted by Gasteiger charge is 2.20. The molecule has 150 valence electrons. The van der Waals surface area contributed by atoms with E-state index in [2.05, 4.69) is 41.2 Å². The molecule has 3 aromatic heterocycles. The number of H-pyrrole nitrogens is 1. The van der Waals surface area contributed by atoms with Gasteiger partial charge in [0, 0.05) is 5.39 Å². The summed E-state index contributed by atoms with van der Waals surface area (Å²) in [5.41, 5.74) is 4.94. The summed E-state index contributed by atoms with van der Waals surface area (Å²) in [5, 5.41) is 6.60. The first-order valence-corrected chi connectivity index (χ1v) is 10.6.